The standard InChI is InChI=1S/C13H20FN3O/c1-9-11(14)7-10(8-12(9)15)13(18)16-5-4-6-17(2)3/h7-8H,4-6,15H2,1-3H3,(H,16,18). The third-order valence-electron chi connectivity index (χ3n) is 2.71. The van der Waals surface area contributed by atoms with Gasteiger partial charge in [-0.15, -0.1) is 0 Å². The Morgan fingerprint density at radius 3 is 2.67 bits per heavy atom. The summed E-state index contributed by atoms with van der Waals surface area (Å²) in [6.45, 7) is 3.04. The van der Waals surface area contributed by atoms with Crippen LogP contribution in [0.5, 0.6) is 0 Å². The molecule has 1 amide bonds. The van der Waals surface area contributed by atoms with Gasteiger partial charge in [-0.05, 0) is 46.1 Å². The predicted molar refractivity (Wildman–Crippen MR) is 71.1 cm³/mol. The average molecular weight is 253 g/mol. The second-order valence-electron chi connectivity index (χ2n) is 4.59. The average Bonchev–Trinajstić information content (AvgIpc) is 2.30. The number of nitrogens with two attached hydrogens (primary N) is 1. The van der Waals surface area contributed by atoms with Crippen molar-refractivity contribution in [3.05, 3.63) is 29.1 Å². The topological polar surface area (TPSA) is 58.4 Å². The monoisotopic (exact) mass is 253 g/mol. The Kier molecular flexibility index (Phi) is 5.09. The number of hydrogen-bond acceptors (Lipinski definition) is 3. The minimum atomic E-state index is -0.451. The molecular weight excluding hydrogens is 233 g/mol. The van der Waals surface area contributed by atoms with E-state index in [1.807, 2.05) is 19.0 Å². The van der Waals surface area contributed by atoms with Crippen molar-refractivity contribution < 1.29 is 9.18 Å². The number of carbonyl (C=O) groups is 1. The van der Waals surface area contributed by atoms with Gasteiger partial charge in [-0.2, -0.15) is 0 Å². The summed E-state index contributed by atoms with van der Waals surface area (Å²) in [6.07, 6.45) is 0.850. The highest BCUT2D eigenvalue weighted by Crippen LogP contribution is 2.17. The molecule has 18 heavy (non-hydrogen) atoms. The number of nitrogens with zero attached hydrogens (tertiary/aromatic N) is 1. The van der Waals surface area contributed by atoms with Crippen LogP contribution in [0, 0.1) is 12.7 Å². The van der Waals surface area contributed by atoms with Gasteiger partial charge in [0, 0.05) is 23.4 Å². The van der Waals surface area contributed by atoms with E-state index in [-0.39, 0.29) is 11.5 Å². The van der Waals surface area contributed by atoms with Crippen molar-refractivity contribution in [3.8, 4) is 0 Å². The second kappa shape index (κ2) is 6.35. The number of halogens is 1. The van der Waals surface area contributed by atoms with E-state index in [4.69, 9.17) is 5.73 Å². The van der Waals surface area contributed by atoms with Gasteiger partial charge >= 0.3 is 0 Å². The van der Waals surface area contributed by atoms with Crippen molar-refractivity contribution in [2.75, 3.05) is 32.9 Å². The van der Waals surface area contributed by atoms with Crippen molar-refractivity contribution in [2.24, 2.45) is 0 Å². The van der Waals surface area contributed by atoms with E-state index in [2.05, 4.69) is 5.32 Å². The molecule has 3 N–H and O–H groups in total. The molecule has 0 saturated carbocycles. The van der Waals surface area contributed by atoms with Gasteiger partial charge in [0.25, 0.3) is 5.91 Å². The molecule has 0 radical (unpaired) electrons. The molecule has 5 heteroatoms. The zero-order valence-corrected chi connectivity index (χ0v) is 11.1. The van der Waals surface area contributed by atoms with Gasteiger partial charge in [0.05, 0.1) is 0 Å². The highest BCUT2D eigenvalue weighted by molar-refractivity contribution is 5.95. The largest absolute Gasteiger partial charge is 0.398 e. The van der Waals surface area contributed by atoms with Crippen molar-refractivity contribution in [2.45, 2.75) is 13.3 Å². The van der Waals surface area contributed by atoms with Gasteiger partial charge in [0.1, 0.15) is 5.82 Å². The van der Waals surface area contributed by atoms with E-state index in [9.17, 15) is 9.18 Å². The number of anilines is 1. The molecule has 0 atom stereocenters. The van der Waals surface area contributed by atoms with Crippen LogP contribution in [0.25, 0.3) is 0 Å². The molecule has 0 aromatic heterocycles. The first-order chi connectivity index (χ1) is 8.41. The highest BCUT2D eigenvalue weighted by Gasteiger charge is 2.10. The van der Waals surface area contributed by atoms with E-state index in [0.29, 0.717) is 17.8 Å². The fourth-order valence-corrected chi connectivity index (χ4v) is 1.53. The van der Waals surface area contributed by atoms with Gasteiger partial charge in [-0.3, -0.25) is 4.79 Å². The maximum atomic E-state index is 13.4. The number of rotatable bonds is 5. The SMILES string of the molecule is Cc1c(N)cc(C(=O)NCCCN(C)C)cc1F. The minimum absolute atomic E-state index is 0.264. The van der Waals surface area contributed by atoms with Crippen LogP contribution in [0.15, 0.2) is 12.1 Å². The summed E-state index contributed by atoms with van der Waals surface area (Å²) in [6, 6.07) is 2.71. The number of hydrogen-bond donors (Lipinski definition) is 2. The lowest BCUT2D eigenvalue weighted by Crippen LogP contribution is -2.27. The van der Waals surface area contributed by atoms with Crippen LogP contribution in [0.4, 0.5) is 10.1 Å². The molecule has 1 aromatic rings. The first-order valence-electron chi connectivity index (χ1n) is 5.90. The third-order valence-corrected chi connectivity index (χ3v) is 2.71. The number of carbonyl (C=O) groups excluding carboxylic acids is 1. The molecule has 0 aliphatic rings. The Morgan fingerprint density at radius 1 is 1.44 bits per heavy atom. The minimum Gasteiger partial charge on any atom is -0.398 e. The van der Waals surface area contributed by atoms with Gasteiger partial charge < -0.3 is 16.0 Å². The molecule has 4 nitrogen and oxygen atoms in total. The van der Waals surface area contributed by atoms with Gasteiger partial charge in [0.15, 0.2) is 0 Å². The smallest absolute Gasteiger partial charge is 0.251 e. The van der Waals surface area contributed by atoms with Crippen LogP contribution in [0.2, 0.25) is 0 Å². The Labute approximate surface area is 107 Å². The first kappa shape index (κ1) is 14.4. The maximum Gasteiger partial charge on any atom is 0.251 e. The molecule has 1 rings (SSSR count). The summed E-state index contributed by atoms with van der Waals surface area (Å²) in [5.74, 6) is -0.743. The van der Waals surface area contributed by atoms with Crippen molar-refractivity contribution >= 4 is 11.6 Å². The van der Waals surface area contributed by atoms with Crippen molar-refractivity contribution in [1.29, 1.82) is 0 Å². The molecular formula is C13H20FN3O. The molecule has 1 aromatic carbocycles. The van der Waals surface area contributed by atoms with E-state index in [1.165, 1.54) is 12.1 Å². The zero-order chi connectivity index (χ0) is 13.7. The quantitative estimate of drug-likeness (QED) is 0.616. The lowest BCUT2D eigenvalue weighted by atomic mass is 10.1. The van der Waals surface area contributed by atoms with Crippen LogP contribution in [0.3, 0.4) is 0 Å². The third kappa shape index (κ3) is 4.00. The number of nitrogens with one attached hydrogen (secondary N) is 1. The lowest BCUT2D eigenvalue weighted by molar-refractivity contribution is 0.0952. The summed E-state index contributed by atoms with van der Waals surface area (Å²) in [5.41, 5.74) is 6.57. The molecule has 100 valence electrons. The highest BCUT2D eigenvalue weighted by atomic mass is 19.1. The van der Waals surface area contributed by atoms with Crippen LogP contribution in [-0.4, -0.2) is 38.0 Å². The fourth-order valence-electron chi connectivity index (χ4n) is 1.53. The summed E-state index contributed by atoms with van der Waals surface area (Å²) in [5, 5.41) is 2.74. The summed E-state index contributed by atoms with van der Waals surface area (Å²) in [4.78, 5) is 13.8. The summed E-state index contributed by atoms with van der Waals surface area (Å²) < 4.78 is 13.4. The summed E-state index contributed by atoms with van der Waals surface area (Å²) >= 11 is 0. The predicted octanol–water partition coefficient (Wildman–Crippen LogP) is 1.40. The molecule has 0 fully saturated rings. The van der Waals surface area contributed by atoms with Gasteiger partial charge in [-0.25, -0.2) is 4.39 Å². The van der Waals surface area contributed by atoms with Crippen LogP contribution in [-0.2, 0) is 0 Å². The molecule has 0 spiro atoms. The van der Waals surface area contributed by atoms with Gasteiger partial charge in [-0.1, -0.05) is 0 Å². The van der Waals surface area contributed by atoms with E-state index < -0.39 is 5.82 Å². The number of amides is 1. The second-order valence-corrected chi connectivity index (χ2v) is 4.59. The Morgan fingerprint density at radius 2 is 2.11 bits per heavy atom. The van der Waals surface area contributed by atoms with Crippen LogP contribution >= 0.6 is 0 Å². The molecule has 0 bridgehead atoms. The Balaban J connectivity index is 2.57. The molecule has 0 unspecified atom stereocenters. The Bertz CT molecular complexity index is 409. The Hall–Kier alpha value is -1.62. The molecule has 0 saturated heterocycles. The van der Waals surface area contributed by atoms with Gasteiger partial charge in [0.2, 0.25) is 0 Å². The molecule has 0 aliphatic heterocycles. The normalized spacial score (nSPS) is 10.7. The summed E-state index contributed by atoms with van der Waals surface area (Å²) in [7, 11) is 3.94. The maximum absolute atomic E-state index is 13.4. The molecule has 0 heterocycles. The number of benzene rings is 1. The number of nitrogen functional groups attached to an aromatic ring is 1. The van der Waals surface area contributed by atoms with Crippen molar-refractivity contribution in [3.63, 3.8) is 0 Å². The lowest BCUT2D eigenvalue weighted by Gasteiger charge is -2.10. The fraction of sp³-hybridized carbons (Fsp3) is 0.462. The van der Waals surface area contributed by atoms with E-state index in [0.717, 1.165) is 13.0 Å². The van der Waals surface area contributed by atoms with Crippen LogP contribution in [0.1, 0.15) is 22.3 Å². The van der Waals surface area contributed by atoms with E-state index in [1.54, 1.807) is 6.92 Å². The van der Waals surface area contributed by atoms with Crippen molar-refractivity contribution in [1.82, 2.24) is 10.2 Å². The first-order valence-corrected chi connectivity index (χ1v) is 5.90. The molecule has 0 aliphatic carbocycles. The van der Waals surface area contributed by atoms with E-state index >= 15 is 0 Å². The zero-order valence-electron chi connectivity index (χ0n) is 11.1. The van der Waals surface area contributed by atoms with Crippen LogP contribution < -0.4 is 11.1 Å².